The zero-order chi connectivity index (χ0) is 11.5. The first-order chi connectivity index (χ1) is 7.70. The van der Waals surface area contributed by atoms with Crippen LogP contribution in [0.15, 0.2) is 18.2 Å². The number of halogens is 2. The molecule has 1 aliphatic rings. The summed E-state index contributed by atoms with van der Waals surface area (Å²) in [6.45, 7) is 4.82. The molecule has 2 unspecified atom stereocenters. The van der Waals surface area contributed by atoms with E-state index < -0.39 is 0 Å². The van der Waals surface area contributed by atoms with E-state index in [4.69, 9.17) is 0 Å². The Balaban J connectivity index is 0.00000144. The lowest BCUT2D eigenvalue weighted by Crippen LogP contribution is -2.17. The molecule has 1 aromatic carbocycles. The third-order valence-corrected chi connectivity index (χ3v) is 3.39. The van der Waals surface area contributed by atoms with Crippen LogP contribution in [0.5, 0.6) is 0 Å². The number of hydrogen-bond acceptors (Lipinski definition) is 1. The molecule has 0 aliphatic heterocycles. The molecule has 1 aliphatic carbocycles. The minimum Gasteiger partial charge on any atom is -0.310 e. The highest BCUT2D eigenvalue weighted by Crippen LogP contribution is 2.34. The van der Waals surface area contributed by atoms with E-state index in [-0.39, 0.29) is 18.2 Å². The highest BCUT2D eigenvalue weighted by molar-refractivity contribution is 5.85. The van der Waals surface area contributed by atoms with Gasteiger partial charge in [0.15, 0.2) is 0 Å². The van der Waals surface area contributed by atoms with E-state index in [0.29, 0.717) is 6.04 Å². The summed E-state index contributed by atoms with van der Waals surface area (Å²) in [6.07, 6.45) is 3.88. The van der Waals surface area contributed by atoms with E-state index in [0.717, 1.165) is 23.6 Å². The molecule has 1 nitrogen and oxygen atoms in total. The molecular weight excluding hydrogens is 237 g/mol. The molecule has 0 heterocycles. The van der Waals surface area contributed by atoms with Gasteiger partial charge in [0.05, 0.1) is 0 Å². The van der Waals surface area contributed by atoms with E-state index in [1.807, 2.05) is 12.1 Å². The van der Waals surface area contributed by atoms with Crippen LogP contribution in [0.1, 0.15) is 37.3 Å². The minimum absolute atomic E-state index is 0. The molecule has 2 rings (SSSR count). The number of nitrogens with one attached hydrogen (secondary N) is 1. The molecule has 0 amide bonds. The maximum Gasteiger partial charge on any atom is 0.126 e. The first kappa shape index (κ1) is 14.5. The third-order valence-electron chi connectivity index (χ3n) is 3.39. The van der Waals surface area contributed by atoms with Gasteiger partial charge in [-0.2, -0.15) is 0 Å². The first-order valence-electron chi connectivity index (χ1n) is 6.19. The smallest absolute Gasteiger partial charge is 0.126 e. The Hall–Kier alpha value is -0.600. The molecule has 1 N–H and O–H groups in total. The highest BCUT2D eigenvalue weighted by Gasteiger charge is 2.35. The average molecular weight is 258 g/mol. The summed E-state index contributed by atoms with van der Waals surface area (Å²) in [6, 6.07) is 6.16. The zero-order valence-corrected chi connectivity index (χ0v) is 11.3. The lowest BCUT2D eigenvalue weighted by Gasteiger charge is -2.05. The molecule has 17 heavy (non-hydrogen) atoms. The van der Waals surface area contributed by atoms with Crippen LogP contribution in [0.4, 0.5) is 4.39 Å². The summed E-state index contributed by atoms with van der Waals surface area (Å²) in [4.78, 5) is 0. The number of aryl methyl sites for hydroxylation is 1. The van der Waals surface area contributed by atoms with Crippen LogP contribution in [0.2, 0.25) is 0 Å². The number of hydrogen-bond donors (Lipinski definition) is 1. The Morgan fingerprint density at radius 2 is 2.18 bits per heavy atom. The molecule has 1 fully saturated rings. The molecule has 2 atom stereocenters. The standard InChI is InChI=1S/C14H20FN.ClH/c1-3-4-12-8-14(12)16-9-11-6-5-10(2)13(15)7-11;/h5-7,12,14,16H,3-4,8-9H2,1-2H3;1H. The van der Waals surface area contributed by atoms with E-state index in [2.05, 4.69) is 12.2 Å². The van der Waals surface area contributed by atoms with E-state index in [1.165, 1.54) is 19.3 Å². The summed E-state index contributed by atoms with van der Waals surface area (Å²) < 4.78 is 13.3. The van der Waals surface area contributed by atoms with Crippen LogP contribution in [-0.2, 0) is 6.54 Å². The van der Waals surface area contributed by atoms with Crippen molar-refractivity contribution in [2.75, 3.05) is 0 Å². The minimum atomic E-state index is -0.0970. The SMILES string of the molecule is CCCC1CC1NCc1ccc(C)c(F)c1.Cl. The third kappa shape index (κ3) is 3.97. The van der Waals surface area contributed by atoms with Crippen molar-refractivity contribution < 1.29 is 4.39 Å². The van der Waals surface area contributed by atoms with Crippen molar-refractivity contribution in [3.05, 3.63) is 35.1 Å². The topological polar surface area (TPSA) is 12.0 Å². The van der Waals surface area contributed by atoms with Gasteiger partial charge in [-0.25, -0.2) is 4.39 Å². The molecule has 0 radical (unpaired) electrons. The predicted octanol–water partition coefficient (Wildman–Crippen LogP) is 3.83. The molecule has 0 spiro atoms. The van der Waals surface area contributed by atoms with Gasteiger partial charge in [0.25, 0.3) is 0 Å². The van der Waals surface area contributed by atoms with Gasteiger partial charge in [0, 0.05) is 12.6 Å². The summed E-state index contributed by atoms with van der Waals surface area (Å²) in [5.74, 6) is 0.764. The van der Waals surface area contributed by atoms with Crippen LogP contribution in [0.3, 0.4) is 0 Å². The van der Waals surface area contributed by atoms with Crippen LogP contribution < -0.4 is 5.32 Å². The predicted molar refractivity (Wildman–Crippen MR) is 72.0 cm³/mol. The van der Waals surface area contributed by atoms with Crippen LogP contribution in [0.25, 0.3) is 0 Å². The monoisotopic (exact) mass is 257 g/mol. The van der Waals surface area contributed by atoms with E-state index >= 15 is 0 Å². The van der Waals surface area contributed by atoms with Crippen molar-refractivity contribution in [3.8, 4) is 0 Å². The first-order valence-corrected chi connectivity index (χ1v) is 6.19. The summed E-state index contributed by atoms with van der Waals surface area (Å²) in [5.41, 5.74) is 1.77. The second-order valence-electron chi connectivity index (χ2n) is 4.86. The van der Waals surface area contributed by atoms with Crippen LogP contribution in [0, 0.1) is 18.7 Å². The molecular formula is C14H21ClFN. The Morgan fingerprint density at radius 1 is 1.41 bits per heavy atom. The maximum absolute atomic E-state index is 13.3. The van der Waals surface area contributed by atoms with Crippen molar-refractivity contribution in [1.29, 1.82) is 0 Å². The summed E-state index contributed by atoms with van der Waals surface area (Å²) in [5, 5.41) is 3.49. The fourth-order valence-corrected chi connectivity index (χ4v) is 2.18. The van der Waals surface area contributed by atoms with Gasteiger partial charge in [-0.1, -0.05) is 25.5 Å². The van der Waals surface area contributed by atoms with Gasteiger partial charge in [0.2, 0.25) is 0 Å². The number of rotatable bonds is 5. The van der Waals surface area contributed by atoms with Gasteiger partial charge in [0.1, 0.15) is 5.82 Å². The van der Waals surface area contributed by atoms with Crippen molar-refractivity contribution in [2.24, 2.45) is 5.92 Å². The second-order valence-corrected chi connectivity index (χ2v) is 4.86. The fourth-order valence-electron chi connectivity index (χ4n) is 2.18. The molecule has 0 aromatic heterocycles. The Kier molecular flexibility index (Phi) is 5.41. The summed E-state index contributed by atoms with van der Waals surface area (Å²) >= 11 is 0. The number of benzene rings is 1. The maximum atomic E-state index is 13.3. The van der Waals surface area contributed by atoms with E-state index in [9.17, 15) is 4.39 Å². The largest absolute Gasteiger partial charge is 0.310 e. The molecule has 0 saturated heterocycles. The molecule has 96 valence electrons. The fraction of sp³-hybridized carbons (Fsp3) is 0.571. The lowest BCUT2D eigenvalue weighted by atomic mass is 10.1. The average Bonchev–Trinajstić information content (AvgIpc) is 2.99. The normalized spacial score (nSPS) is 22.1. The summed E-state index contributed by atoms with van der Waals surface area (Å²) in [7, 11) is 0. The Labute approximate surface area is 109 Å². The molecule has 3 heteroatoms. The zero-order valence-electron chi connectivity index (χ0n) is 10.5. The second kappa shape index (κ2) is 6.36. The van der Waals surface area contributed by atoms with Gasteiger partial charge in [-0.3, -0.25) is 0 Å². The molecule has 1 saturated carbocycles. The van der Waals surface area contributed by atoms with Crippen molar-refractivity contribution in [1.82, 2.24) is 5.32 Å². The van der Waals surface area contributed by atoms with Crippen molar-refractivity contribution in [3.63, 3.8) is 0 Å². The van der Waals surface area contributed by atoms with Crippen molar-refractivity contribution in [2.45, 2.75) is 45.7 Å². The molecule has 0 bridgehead atoms. The quantitative estimate of drug-likeness (QED) is 0.845. The van der Waals surface area contributed by atoms with Gasteiger partial charge < -0.3 is 5.32 Å². The van der Waals surface area contributed by atoms with Crippen molar-refractivity contribution >= 4 is 12.4 Å². The van der Waals surface area contributed by atoms with Gasteiger partial charge in [-0.05, 0) is 42.9 Å². The highest BCUT2D eigenvalue weighted by atomic mass is 35.5. The van der Waals surface area contributed by atoms with Gasteiger partial charge >= 0.3 is 0 Å². The lowest BCUT2D eigenvalue weighted by molar-refractivity contribution is 0.590. The Morgan fingerprint density at radius 3 is 2.82 bits per heavy atom. The van der Waals surface area contributed by atoms with Crippen LogP contribution in [-0.4, -0.2) is 6.04 Å². The molecule has 1 aromatic rings. The van der Waals surface area contributed by atoms with Crippen LogP contribution >= 0.6 is 12.4 Å². The Bertz CT molecular complexity index is 367. The van der Waals surface area contributed by atoms with Gasteiger partial charge in [-0.15, -0.1) is 12.4 Å². The van der Waals surface area contributed by atoms with E-state index in [1.54, 1.807) is 13.0 Å².